The van der Waals surface area contributed by atoms with Gasteiger partial charge in [-0.05, 0) is 0 Å². The van der Waals surface area contributed by atoms with E-state index in [9.17, 15) is 8.42 Å². The predicted molar refractivity (Wildman–Crippen MR) is 88.1 cm³/mol. The smallest absolute Gasteiger partial charge is 0.208 e. The molecule has 2 aliphatic heterocycles. The van der Waals surface area contributed by atoms with Gasteiger partial charge in [0.2, 0.25) is 10.0 Å². The minimum absolute atomic E-state index is 0.138. The standard InChI is InChI=1S/C14H23N5O3S/c1-18(2)13-4-14(16-9-15-13)19-6-11-10(5-17-23(3,20)21)8-22-12(11)7-19/h4,9-12,17H,5-8H2,1-3H3/t10-,11+,12+/m1/s1. The zero-order valence-corrected chi connectivity index (χ0v) is 14.5. The van der Waals surface area contributed by atoms with Crippen LogP contribution >= 0.6 is 0 Å². The maximum absolute atomic E-state index is 11.3. The first kappa shape index (κ1) is 16.4. The summed E-state index contributed by atoms with van der Waals surface area (Å²) in [6.07, 6.45) is 2.90. The minimum atomic E-state index is -3.17. The topological polar surface area (TPSA) is 87.7 Å². The predicted octanol–water partition coefficient (Wildman–Crippen LogP) is -0.457. The molecular formula is C14H23N5O3S. The largest absolute Gasteiger partial charge is 0.376 e. The molecule has 2 fully saturated rings. The summed E-state index contributed by atoms with van der Waals surface area (Å²) in [6, 6.07) is 1.96. The average molecular weight is 341 g/mol. The molecule has 0 unspecified atom stereocenters. The van der Waals surface area contributed by atoms with Crippen LogP contribution in [-0.4, -0.2) is 71.1 Å². The molecule has 3 heterocycles. The number of hydrogen-bond donors (Lipinski definition) is 1. The molecule has 3 rings (SSSR count). The third-order valence-electron chi connectivity index (χ3n) is 4.47. The molecule has 0 saturated carbocycles. The van der Waals surface area contributed by atoms with E-state index in [0.29, 0.717) is 19.1 Å². The molecule has 128 valence electrons. The second-order valence-electron chi connectivity index (χ2n) is 6.45. The minimum Gasteiger partial charge on any atom is -0.376 e. The summed E-state index contributed by atoms with van der Waals surface area (Å²) in [7, 11) is 0.724. The Bertz CT molecular complexity index is 666. The van der Waals surface area contributed by atoms with Crippen molar-refractivity contribution in [2.45, 2.75) is 6.10 Å². The lowest BCUT2D eigenvalue weighted by Crippen LogP contribution is -2.33. The Hall–Kier alpha value is -1.45. The first-order valence-corrected chi connectivity index (χ1v) is 9.53. The van der Waals surface area contributed by atoms with Gasteiger partial charge in [0.15, 0.2) is 0 Å². The van der Waals surface area contributed by atoms with Gasteiger partial charge in [0.1, 0.15) is 18.0 Å². The van der Waals surface area contributed by atoms with Gasteiger partial charge >= 0.3 is 0 Å². The molecule has 1 aromatic rings. The molecule has 0 aliphatic carbocycles. The number of anilines is 2. The van der Waals surface area contributed by atoms with Gasteiger partial charge in [0.05, 0.1) is 19.0 Å². The Morgan fingerprint density at radius 3 is 2.87 bits per heavy atom. The Labute approximate surface area is 136 Å². The number of aromatic nitrogens is 2. The Morgan fingerprint density at radius 2 is 2.17 bits per heavy atom. The third-order valence-corrected chi connectivity index (χ3v) is 5.16. The molecule has 2 saturated heterocycles. The van der Waals surface area contributed by atoms with E-state index < -0.39 is 10.0 Å². The van der Waals surface area contributed by atoms with E-state index in [1.165, 1.54) is 6.26 Å². The van der Waals surface area contributed by atoms with E-state index in [4.69, 9.17) is 4.74 Å². The lowest BCUT2D eigenvalue weighted by Gasteiger charge is -2.21. The molecule has 0 aromatic carbocycles. The van der Waals surface area contributed by atoms with Crippen LogP contribution in [0.4, 0.5) is 11.6 Å². The molecule has 2 aliphatic rings. The third kappa shape index (κ3) is 3.73. The monoisotopic (exact) mass is 341 g/mol. The van der Waals surface area contributed by atoms with Crippen molar-refractivity contribution in [2.75, 3.05) is 56.4 Å². The van der Waals surface area contributed by atoms with Crippen molar-refractivity contribution >= 4 is 21.7 Å². The summed E-state index contributed by atoms with van der Waals surface area (Å²) in [5.74, 6) is 2.27. The van der Waals surface area contributed by atoms with Crippen LogP contribution in [0, 0.1) is 11.8 Å². The SMILES string of the molecule is CN(C)c1cc(N2C[C@H]3[C@H](CNS(C)(=O)=O)CO[C@H]3C2)ncn1. The zero-order valence-electron chi connectivity index (χ0n) is 13.6. The zero-order chi connectivity index (χ0) is 16.6. The number of rotatable bonds is 5. The van der Waals surface area contributed by atoms with E-state index in [2.05, 4.69) is 19.6 Å². The van der Waals surface area contributed by atoms with Crippen molar-refractivity contribution in [3.8, 4) is 0 Å². The lowest BCUT2D eigenvalue weighted by molar-refractivity contribution is 0.111. The summed E-state index contributed by atoms with van der Waals surface area (Å²) < 4.78 is 31.0. The van der Waals surface area contributed by atoms with Crippen molar-refractivity contribution in [3.05, 3.63) is 12.4 Å². The second kappa shape index (κ2) is 6.21. The molecule has 1 aromatic heterocycles. The number of nitrogens with one attached hydrogen (secondary N) is 1. The quantitative estimate of drug-likeness (QED) is 0.775. The maximum Gasteiger partial charge on any atom is 0.208 e. The average Bonchev–Trinajstić information content (AvgIpc) is 3.05. The first-order chi connectivity index (χ1) is 10.8. The van der Waals surface area contributed by atoms with Crippen LogP contribution < -0.4 is 14.5 Å². The van der Waals surface area contributed by atoms with Crippen LogP contribution in [0.2, 0.25) is 0 Å². The van der Waals surface area contributed by atoms with Gasteiger partial charge in [-0.2, -0.15) is 0 Å². The summed E-state index contributed by atoms with van der Waals surface area (Å²) in [5.41, 5.74) is 0. The van der Waals surface area contributed by atoms with Crippen molar-refractivity contribution in [2.24, 2.45) is 11.8 Å². The fourth-order valence-corrected chi connectivity index (χ4v) is 3.73. The highest BCUT2D eigenvalue weighted by molar-refractivity contribution is 7.88. The molecular weight excluding hydrogens is 318 g/mol. The fourth-order valence-electron chi connectivity index (χ4n) is 3.21. The molecule has 23 heavy (non-hydrogen) atoms. The molecule has 0 spiro atoms. The molecule has 9 heteroatoms. The fraction of sp³-hybridized carbons (Fsp3) is 0.714. The van der Waals surface area contributed by atoms with Crippen LogP contribution in [0.3, 0.4) is 0 Å². The van der Waals surface area contributed by atoms with Crippen molar-refractivity contribution < 1.29 is 13.2 Å². The summed E-state index contributed by atoms with van der Waals surface area (Å²) >= 11 is 0. The Morgan fingerprint density at radius 1 is 1.39 bits per heavy atom. The van der Waals surface area contributed by atoms with Crippen molar-refractivity contribution in [1.29, 1.82) is 0 Å². The lowest BCUT2D eigenvalue weighted by atomic mass is 9.93. The van der Waals surface area contributed by atoms with E-state index in [0.717, 1.165) is 24.7 Å². The van der Waals surface area contributed by atoms with Crippen molar-refractivity contribution in [1.82, 2.24) is 14.7 Å². The number of ether oxygens (including phenoxy) is 1. The van der Waals surface area contributed by atoms with E-state index in [1.807, 2.05) is 25.1 Å². The maximum atomic E-state index is 11.3. The van der Waals surface area contributed by atoms with Crippen LogP contribution in [0.25, 0.3) is 0 Å². The highest BCUT2D eigenvalue weighted by Crippen LogP contribution is 2.35. The van der Waals surface area contributed by atoms with Gasteiger partial charge in [-0.15, -0.1) is 0 Å². The van der Waals surface area contributed by atoms with Gasteiger partial charge in [-0.1, -0.05) is 0 Å². The number of sulfonamides is 1. The van der Waals surface area contributed by atoms with Crippen LogP contribution in [0.5, 0.6) is 0 Å². The van der Waals surface area contributed by atoms with Crippen LogP contribution in [-0.2, 0) is 14.8 Å². The molecule has 8 nitrogen and oxygen atoms in total. The second-order valence-corrected chi connectivity index (χ2v) is 8.28. The van der Waals surface area contributed by atoms with Gasteiger partial charge < -0.3 is 14.5 Å². The van der Waals surface area contributed by atoms with Gasteiger partial charge in [-0.25, -0.2) is 23.1 Å². The summed E-state index contributed by atoms with van der Waals surface area (Å²) in [6.45, 7) is 2.65. The highest BCUT2D eigenvalue weighted by Gasteiger charge is 2.44. The molecule has 0 amide bonds. The molecule has 0 bridgehead atoms. The molecule has 0 radical (unpaired) electrons. The normalized spacial score (nSPS) is 27.3. The summed E-state index contributed by atoms with van der Waals surface area (Å²) in [5, 5.41) is 0. The van der Waals surface area contributed by atoms with Crippen molar-refractivity contribution in [3.63, 3.8) is 0 Å². The van der Waals surface area contributed by atoms with Gasteiger partial charge in [0, 0.05) is 51.6 Å². The van der Waals surface area contributed by atoms with Gasteiger partial charge in [0.25, 0.3) is 0 Å². The number of hydrogen-bond acceptors (Lipinski definition) is 7. The molecule has 3 atom stereocenters. The first-order valence-electron chi connectivity index (χ1n) is 7.64. The highest BCUT2D eigenvalue weighted by atomic mass is 32.2. The van der Waals surface area contributed by atoms with Crippen LogP contribution in [0.1, 0.15) is 0 Å². The van der Waals surface area contributed by atoms with E-state index in [1.54, 1.807) is 6.33 Å². The number of fused-ring (bicyclic) bond motifs is 1. The molecule has 1 N–H and O–H groups in total. The van der Waals surface area contributed by atoms with E-state index >= 15 is 0 Å². The van der Waals surface area contributed by atoms with Crippen LogP contribution in [0.15, 0.2) is 12.4 Å². The van der Waals surface area contributed by atoms with E-state index in [-0.39, 0.29) is 12.0 Å². The van der Waals surface area contributed by atoms with Gasteiger partial charge in [-0.3, -0.25) is 0 Å². The summed E-state index contributed by atoms with van der Waals surface area (Å²) in [4.78, 5) is 12.7. The number of nitrogens with zero attached hydrogens (tertiary/aromatic N) is 4. The Kier molecular flexibility index (Phi) is 4.43. The Balaban J connectivity index is 1.67.